The number of benzene rings is 2. The molecule has 0 aliphatic rings. The Balaban J connectivity index is 1.62. The largest absolute Gasteiger partial charge is 0.486 e. The van der Waals surface area contributed by atoms with Gasteiger partial charge in [0.15, 0.2) is 5.82 Å². The van der Waals surface area contributed by atoms with Gasteiger partial charge in [0, 0.05) is 6.07 Å². The van der Waals surface area contributed by atoms with Gasteiger partial charge in [0.1, 0.15) is 24.0 Å². The van der Waals surface area contributed by atoms with Crippen molar-refractivity contribution in [1.82, 2.24) is 14.9 Å². The number of nitrogens with one attached hydrogen (secondary N) is 1. The van der Waals surface area contributed by atoms with Crippen LogP contribution < -0.4 is 15.9 Å². The summed E-state index contributed by atoms with van der Waals surface area (Å²) >= 11 is 1.04. The molecular weight excluding hydrogens is 412 g/mol. The van der Waals surface area contributed by atoms with Gasteiger partial charge in [-0.05, 0) is 56.2 Å². The van der Waals surface area contributed by atoms with Gasteiger partial charge in [0.05, 0.1) is 10.9 Å². The Morgan fingerprint density at radius 2 is 1.90 bits per heavy atom. The highest BCUT2D eigenvalue weighted by molar-refractivity contribution is 8.00. The number of carbonyl (C=O) groups is 1. The number of amides is 1. The van der Waals surface area contributed by atoms with E-state index in [2.05, 4.69) is 15.5 Å². The molecule has 30 heavy (non-hydrogen) atoms. The number of nitrogens with zero attached hydrogens (tertiary/aromatic N) is 3. The summed E-state index contributed by atoms with van der Waals surface area (Å²) in [4.78, 5) is 12.3. The molecule has 1 aromatic heterocycles. The molecule has 0 radical (unpaired) electrons. The molecule has 7 nitrogen and oxygen atoms in total. The number of aromatic nitrogens is 3. The highest BCUT2D eigenvalue weighted by atomic mass is 32.2. The second-order valence-electron chi connectivity index (χ2n) is 6.75. The molecule has 0 aliphatic heterocycles. The van der Waals surface area contributed by atoms with Gasteiger partial charge >= 0.3 is 0 Å². The third-order valence-corrected chi connectivity index (χ3v) is 5.19. The first-order valence-electron chi connectivity index (χ1n) is 9.06. The minimum atomic E-state index is -0.727. The zero-order valence-electron chi connectivity index (χ0n) is 16.6. The van der Waals surface area contributed by atoms with E-state index in [0.29, 0.717) is 11.6 Å². The molecule has 3 rings (SSSR count). The molecule has 2 aromatic carbocycles. The highest BCUT2D eigenvalue weighted by Crippen LogP contribution is 2.24. The molecule has 0 saturated heterocycles. The monoisotopic (exact) mass is 433 g/mol. The molecule has 0 fully saturated rings. The third-order valence-electron chi connectivity index (χ3n) is 4.14. The van der Waals surface area contributed by atoms with Crippen molar-refractivity contribution >= 4 is 23.4 Å². The van der Waals surface area contributed by atoms with Gasteiger partial charge in [-0.3, -0.25) is 4.79 Å². The number of ether oxygens (including phenoxy) is 1. The molecule has 1 atom stereocenters. The predicted octanol–water partition coefficient (Wildman–Crippen LogP) is 3.59. The number of rotatable bonds is 7. The van der Waals surface area contributed by atoms with Crippen molar-refractivity contribution < 1.29 is 18.3 Å². The molecule has 0 bridgehead atoms. The average Bonchev–Trinajstić information content (AvgIpc) is 3.02. The first kappa shape index (κ1) is 21.6. The topological polar surface area (TPSA) is 95.1 Å². The Kier molecular flexibility index (Phi) is 6.56. The smallest absolute Gasteiger partial charge is 0.237 e. The molecule has 1 unspecified atom stereocenters. The van der Waals surface area contributed by atoms with Crippen molar-refractivity contribution in [3.63, 3.8) is 0 Å². The number of nitrogens with two attached hydrogens (primary N) is 1. The van der Waals surface area contributed by atoms with Crippen LogP contribution in [0.3, 0.4) is 0 Å². The van der Waals surface area contributed by atoms with Crippen molar-refractivity contribution in [1.29, 1.82) is 0 Å². The fourth-order valence-electron chi connectivity index (χ4n) is 2.69. The van der Waals surface area contributed by atoms with Crippen molar-refractivity contribution in [3.05, 3.63) is 65.0 Å². The third kappa shape index (κ3) is 5.26. The van der Waals surface area contributed by atoms with E-state index in [1.165, 1.54) is 4.68 Å². The van der Waals surface area contributed by atoms with E-state index in [1.807, 2.05) is 32.0 Å². The van der Waals surface area contributed by atoms with Gasteiger partial charge in [-0.2, -0.15) is 0 Å². The van der Waals surface area contributed by atoms with Gasteiger partial charge in [-0.1, -0.05) is 17.8 Å². The number of halogens is 2. The van der Waals surface area contributed by atoms with Crippen LogP contribution in [-0.2, 0) is 11.4 Å². The quantitative estimate of drug-likeness (QED) is 0.437. The summed E-state index contributed by atoms with van der Waals surface area (Å²) in [7, 11) is 0. The van der Waals surface area contributed by atoms with Crippen LogP contribution in [0.5, 0.6) is 5.75 Å². The molecular formula is C20H21F2N5O2S. The number of thioether (sulfide) groups is 1. The lowest BCUT2D eigenvalue weighted by Gasteiger charge is -2.12. The SMILES string of the molecule is Cc1cc(C)cc(OCc2nnc(SC(C)C(=O)Nc3cc(F)ccc3F)n2N)c1. The number of carbonyl (C=O) groups excluding carboxylic acids is 1. The Morgan fingerprint density at radius 3 is 2.60 bits per heavy atom. The van der Waals surface area contributed by atoms with Crippen LogP contribution in [0.2, 0.25) is 0 Å². The van der Waals surface area contributed by atoms with Crippen LogP contribution in [0.1, 0.15) is 23.9 Å². The van der Waals surface area contributed by atoms with Gasteiger partial charge in [0.2, 0.25) is 11.1 Å². The number of hydrogen-bond donors (Lipinski definition) is 2. The molecule has 0 aliphatic carbocycles. The molecule has 158 valence electrons. The maximum atomic E-state index is 13.7. The van der Waals surface area contributed by atoms with Crippen molar-refractivity contribution in [3.8, 4) is 5.75 Å². The molecule has 3 N–H and O–H groups in total. The minimum Gasteiger partial charge on any atom is -0.486 e. The second kappa shape index (κ2) is 9.12. The van der Waals surface area contributed by atoms with E-state index in [4.69, 9.17) is 10.6 Å². The van der Waals surface area contributed by atoms with E-state index in [0.717, 1.165) is 41.1 Å². The summed E-state index contributed by atoms with van der Waals surface area (Å²) in [5.41, 5.74) is 1.92. The van der Waals surface area contributed by atoms with Crippen LogP contribution in [0, 0.1) is 25.5 Å². The van der Waals surface area contributed by atoms with E-state index in [1.54, 1.807) is 6.92 Å². The van der Waals surface area contributed by atoms with Gasteiger partial charge in [-0.15, -0.1) is 10.2 Å². The Hall–Kier alpha value is -3.14. The molecule has 0 saturated carbocycles. The standard InChI is InChI=1S/C20H21F2N5O2S/c1-11-6-12(2)8-15(7-11)29-10-18-25-26-20(27(18)23)30-13(3)19(28)24-17-9-14(21)4-5-16(17)22/h4-9,13H,10,23H2,1-3H3,(H,24,28). The maximum absolute atomic E-state index is 13.7. The fraction of sp³-hybridized carbons (Fsp3) is 0.250. The molecule has 0 spiro atoms. The van der Waals surface area contributed by atoms with E-state index in [9.17, 15) is 13.6 Å². The molecule has 10 heteroatoms. The zero-order chi connectivity index (χ0) is 21.8. The Labute approximate surface area is 176 Å². The first-order chi connectivity index (χ1) is 14.2. The summed E-state index contributed by atoms with van der Waals surface area (Å²) < 4.78 is 34.0. The molecule has 1 amide bonds. The Bertz CT molecular complexity index is 1050. The number of anilines is 1. The molecule has 3 aromatic rings. The van der Waals surface area contributed by atoms with Crippen molar-refractivity contribution in [2.75, 3.05) is 11.2 Å². The second-order valence-corrected chi connectivity index (χ2v) is 8.06. The van der Waals surface area contributed by atoms with Gasteiger partial charge in [-0.25, -0.2) is 13.5 Å². The predicted molar refractivity (Wildman–Crippen MR) is 111 cm³/mol. The summed E-state index contributed by atoms with van der Waals surface area (Å²) in [6.45, 7) is 5.64. The summed E-state index contributed by atoms with van der Waals surface area (Å²) in [5.74, 6) is 5.18. The maximum Gasteiger partial charge on any atom is 0.237 e. The van der Waals surface area contributed by atoms with E-state index in [-0.39, 0.29) is 17.5 Å². The summed E-state index contributed by atoms with van der Waals surface area (Å²) in [6.07, 6.45) is 0. The fourth-order valence-corrected chi connectivity index (χ4v) is 3.48. The lowest BCUT2D eigenvalue weighted by Crippen LogP contribution is -2.24. The van der Waals surface area contributed by atoms with Crippen LogP contribution in [0.4, 0.5) is 14.5 Å². The molecule has 1 heterocycles. The van der Waals surface area contributed by atoms with Gasteiger partial charge < -0.3 is 15.9 Å². The zero-order valence-corrected chi connectivity index (χ0v) is 17.5. The van der Waals surface area contributed by atoms with Crippen LogP contribution in [0.15, 0.2) is 41.6 Å². The van der Waals surface area contributed by atoms with Crippen LogP contribution >= 0.6 is 11.8 Å². The van der Waals surface area contributed by atoms with E-state index < -0.39 is 22.8 Å². The Morgan fingerprint density at radius 1 is 1.20 bits per heavy atom. The highest BCUT2D eigenvalue weighted by Gasteiger charge is 2.21. The van der Waals surface area contributed by atoms with Crippen LogP contribution in [-0.4, -0.2) is 26.0 Å². The first-order valence-corrected chi connectivity index (χ1v) is 9.94. The normalized spacial score (nSPS) is 11.9. The summed E-state index contributed by atoms with van der Waals surface area (Å²) in [6, 6.07) is 8.67. The lowest BCUT2D eigenvalue weighted by molar-refractivity contribution is -0.115. The number of aryl methyl sites for hydroxylation is 2. The number of hydrogen-bond acceptors (Lipinski definition) is 6. The number of nitrogen functional groups attached to an aromatic ring is 1. The van der Waals surface area contributed by atoms with Gasteiger partial charge in [0.25, 0.3) is 0 Å². The average molecular weight is 433 g/mol. The minimum absolute atomic E-state index is 0.0992. The van der Waals surface area contributed by atoms with Crippen LogP contribution in [0.25, 0.3) is 0 Å². The van der Waals surface area contributed by atoms with Crippen molar-refractivity contribution in [2.24, 2.45) is 0 Å². The van der Waals surface area contributed by atoms with E-state index >= 15 is 0 Å². The lowest BCUT2D eigenvalue weighted by atomic mass is 10.1. The van der Waals surface area contributed by atoms with Crippen molar-refractivity contribution in [2.45, 2.75) is 37.8 Å². The summed E-state index contributed by atoms with van der Waals surface area (Å²) in [5, 5.41) is 9.94.